The zero-order valence-corrected chi connectivity index (χ0v) is 16.5. The molecule has 0 N–H and O–H groups in total. The van der Waals surface area contributed by atoms with Crippen LogP contribution in [0.25, 0.3) is 0 Å². The van der Waals surface area contributed by atoms with Crippen LogP contribution in [0.1, 0.15) is 49.8 Å². The second kappa shape index (κ2) is 8.22. The molecule has 2 heterocycles. The number of hydrogen-bond donors (Lipinski definition) is 0. The Morgan fingerprint density at radius 2 is 2.11 bits per heavy atom. The lowest BCUT2D eigenvalue weighted by atomic mass is 9.74. The van der Waals surface area contributed by atoms with Crippen molar-refractivity contribution in [3.63, 3.8) is 0 Å². The van der Waals surface area contributed by atoms with Crippen LogP contribution < -0.4 is 9.47 Å². The number of Topliss-reactive ketones (excluding diaryl/α,β-unsaturated/α-hetero) is 1. The molecule has 1 aliphatic rings. The summed E-state index contributed by atoms with van der Waals surface area (Å²) in [7, 11) is 1.56. The minimum Gasteiger partial charge on any atom is -0.496 e. The molecule has 0 spiro atoms. The van der Waals surface area contributed by atoms with Crippen molar-refractivity contribution >= 4 is 17.2 Å². The Bertz CT molecular complexity index is 975. The van der Waals surface area contributed by atoms with Gasteiger partial charge in [0.25, 0.3) is 0 Å². The number of ketones is 1. The van der Waals surface area contributed by atoms with Crippen LogP contribution in [0.15, 0.2) is 35.5 Å². The minimum absolute atomic E-state index is 0.00797. The topological polar surface area (TPSA) is 84.6 Å². The molecule has 6 nitrogen and oxygen atoms in total. The van der Waals surface area contributed by atoms with E-state index >= 15 is 0 Å². The van der Waals surface area contributed by atoms with E-state index in [1.807, 2.05) is 26.0 Å². The first-order chi connectivity index (χ1) is 13.5. The van der Waals surface area contributed by atoms with E-state index in [0.717, 1.165) is 28.9 Å². The first kappa shape index (κ1) is 19.6. The van der Waals surface area contributed by atoms with Gasteiger partial charge >= 0.3 is 0 Å². The third-order valence-electron chi connectivity index (χ3n) is 4.90. The maximum absolute atomic E-state index is 12.6. The van der Waals surface area contributed by atoms with Gasteiger partial charge in [0.1, 0.15) is 11.5 Å². The predicted octanol–water partition coefficient (Wildman–Crippen LogP) is 4.19. The van der Waals surface area contributed by atoms with E-state index in [1.165, 1.54) is 0 Å². The third-order valence-corrected chi connectivity index (χ3v) is 4.90. The summed E-state index contributed by atoms with van der Waals surface area (Å²) in [6.07, 6.45) is 2.51. The number of rotatable bonds is 6. The first-order valence-corrected chi connectivity index (χ1v) is 9.27. The van der Waals surface area contributed by atoms with E-state index in [9.17, 15) is 10.1 Å². The van der Waals surface area contributed by atoms with Crippen LogP contribution in [0.5, 0.6) is 11.6 Å². The number of nitrogens with zero attached hydrogens (tertiary/aromatic N) is 3. The van der Waals surface area contributed by atoms with Crippen LogP contribution in [-0.4, -0.2) is 30.2 Å². The number of methoxy groups -OCH3 is 1. The van der Waals surface area contributed by atoms with Gasteiger partial charge in [0.2, 0.25) is 5.88 Å². The fourth-order valence-corrected chi connectivity index (χ4v) is 3.72. The summed E-state index contributed by atoms with van der Waals surface area (Å²) in [5.41, 5.74) is 3.57. The standard InChI is InChI=1S/C22H23N3O3/c1-5-10-28-22-21-17(8-9-24-22)25-13(2)19(14(3)26)20(21)16-7-6-15(12-23)11-18(16)27-4/h6-9,11,19-20H,5,10H2,1-4H3. The second-order valence-electron chi connectivity index (χ2n) is 6.79. The summed E-state index contributed by atoms with van der Waals surface area (Å²) < 4.78 is 11.5. The second-order valence-corrected chi connectivity index (χ2v) is 6.79. The highest BCUT2D eigenvalue weighted by atomic mass is 16.5. The number of ether oxygens (including phenoxy) is 2. The molecule has 0 fully saturated rings. The van der Waals surface area contributed by atoms with Crippen molar-refractivity contribution in [2.24, 2.45) is 10.9 Å². The molecule has 0 saturated carbocycles. The van der Waals surface area contributed by atoms with Crippen molar-refractivity contribution in [1.82, 2.24) is 4.98 Å². The Balaban J connectivity index is 2.28. The van der Waals surface area contributed by atoms with E-state index < -0.39 is 5.92 Å². The van der Waals surface area contributed by atoms with Crippen molar-refractivity contribution < 1.29 is 14.3 Å². The van der Waals surface area contributed by atoms with Gasteiger partial charge in [0.15, 0.2) is 0 Å². The lowest BCUT2D eigenvalue weighted by Gasteiger charge is -2.32. The van der Waals surface area contributed by atoms with Gasteiger partial charge < -0.3 is 9.47 Å². The number of aliphatic imine (C=N–C) groups is 1. The summed E-state index contributed by atoms with van der Waals surface area (Å²) in [5, 5.41) is 9.23. The average Bonchev–Trinajstić information content (AvgIpc) is 2.70. The molecule has 2 aromatic rings. The number of carbonyl (C=O) groups excluding carboxylic acids is 1. The first-order valence-electron chi connectivity index (χ1n) is 9.27. The van der Waals surface area contributed by atoms with Crippen LogP contribution in [0, 0.1) is 17.2 Å². The molecule has 6 heteroatoms. The van der Waals surface area contributed by atoms with E-state index in [-0.39, 0.29) is 11.7 Å². The minimum atomic E-state index is -0.456. The van der Waals surface area contributed by atoms with Gasteiger partial charge in [-0.25, -0.2) is 4.98 Å². The van der Waals surface area contributed by atoms with Crippen LogP contribution in [-0.2, 0) is 4.79 Å². The smallest absolute Gasteiger partial charge is 0.219 e. The van der Waals surface area contributed by atoms with Crippen molar-refractivity contribution in [3.8, 4) is 17.7 Å². The van der Waals surface area contributed by atoms with Gasteiger partial charge in [-0.15, -0.1) is 0 Å². The normalized spacial score (nSPS) is 17.9. The molecule has 28 heavy (non-hydrogen) atoms. The number of pyridine rings is 1. The third kappa shape index (κ3) is 3.48. The van der Waals surface area contributed by atoms with Crippen molar-refractivity contribution in [2.45, 2.75) is 33.1 Å². The van der Waals surface area contributed by atoms with E-state index in [2.05, 4.69) is 16.0 Å². The average molecular weight is 377 g/mol. The molecule has 3 rings (SSSR count). The zero-order chi connectivity index (χ0) is 20.3. The molecule has 2 atom stereocenters. The Hall–Kier alpha value is -3.20. The molecular weight excluding hydrogens is 354 g/mol. The number of benzene rings is 1. The Morgan fingerprint density at radius 3 is 2.75 bits per heavy atom. The van der Waals surface area contributed by atoms with Crippen molar-refractivity contribution in [1.29, 1.82) is 5.26 Å². The molecule has 0 aliphatic carbocycles. The summed E-state index contributed by atoms with van der Waals surface area (Å²) in [5.74, 6) is 0.240. The quantitative estimate of drug-likeness (QED) is 0.753. The zero-order valence-electron chi connectivity index (χ0n) is 16.5. The molecule has 144 valence electrons. The van der Waals surface area contributed by atoms with Crippen molar-refractivity contribution in [2.75, 3.05) is 13.7 Å². The Labute approximate surface area is 164 Å². The Morgan fingerprint density at radius 1 is 1.32 bits per heavy atom. The summed E-state index contributed by atoms with van der Waals surface area (Å²) in [4.78, 5) is 21.7. The van der Waals surface area contributed by atoms with Gasteiger partial charge in [-0.1, -0.05) is 13.0 Å². The molecule has 0 saturated heterocycles. The van der Waals surface area contributed by atoms with Crippen LogP contribution in [0.3, 0.4) is 0 Å². The van der Waals surface area contributed by atoms with Crippen LogP contribution >= 0.6 is 0 Å². The maximum Gasteiger partial charge on any atom is 0.219 e. The van der Waals surface area contributed by atoms with Gasteiger partial charge in [-0.3, -0.25) is 9.79 Å². The fourth-order valence-electron chi connectivity index (χ4n) is 3.72. The fraction of sp³-hybridized carbons (Fsp3) is 0.364. The molecule has 0 amide bonds. The molecule has 0 bridgehead atoms. The van der Waals surface area contributed by atoms with Crippen LogP contribution in [0.4, 0.5) is 5.69 Å². The number of aromatic nitrogens is 1. The largest absolute Gasteiger partial charge is 0.496 e. The lowest BCUT2D eigenvalue weighted by Crippen LogP contribution is -2.31. The molecular formula is C22H23N3O3. The predicted molar refractivity (Wildman–Crippen MR) is 107 cm³/mol. The summed E-state index contributed by atoms with van der Waals surface area (Å²) >= 11 is 0. The van der Waals surface area contributed by atoms with E-state index in [4.69, 9.17) is 9.47 Å². The monoisotopic (exact) mass is 377 g/mol. The summed E-state index contributed by atoms with van der Waals surface area (Å²) in [6.45, 7) is 5.98. The number of fused-ring (bicyclic) bond motifs is 1. The molecule has 2 unspecified atom stereocenters. The van der Waals surface area contributed by atoms with Gasteiger partial charge in [0, 0.05) is 29.0 Å². The molecule has 1 aromatic carbocycles. The highest BCUT2D eigenvalue weighted by Gasteiger charge is 2.39. The lowest BCUT2D eigenvalue weighted by molar-refractivity contribution is -0.119. The number of nitriles is 1. The van der Waals surface area contributed by atoms with E-state index in [1.54, 1.807) is 32.4 Å². The molecule has 1 aliphatic heterocycles. The molecule has 0 radical (unpaired) electrons. The Kier molecular flexibility index (Phi) is 5.74. The molecule has 1 aromatic heterocycles. The van der Waals surface area contributed by atoms with Crippen molar-refractivity contribution in [3.05, 3.63) is 47.2 Å². The van der Waals surface area contributed by atoms with E-state index in [0.29, 0.717) is 23.8 Å². The van der Waals surface area contributed by atoms with Crippen LogP contribution in [0.2, 0.25) is 0 Å². The number of carbonyl (C=O) groups is 1. The highest BCUT2D eigenvalue weighted by molar-refractivity contribution is 6.07. The van der Waals surface area contributed by atoms with Gasteiger partial charge in [0.05, 0.1) is 37.0 Å². The summed E-state index contributed by atoms with van der Waals surface area (Å²) in [6, 6.07) is 9.23. The highest BCUT2D eigenvalue weighted by Crippen LogP contribution is 2.48. The van der Waals surface area contributed by atoms with Gasteiger partial charge in [-0.2, -0.15) is 5.26 Å². The number of hydrogen-bond acceptors (Lipinski definition) is 6. The van der Waals surface area contributed by atoms with Gasteiger partial charge in [-0.05, 0) is 38.5 Å². The SMILES string of the molecule is CCCOc1nccc2c1C(c1ccc(C#N)cc1OC)C(C(C)=O)C(C)=N2. The maximum atomic E-state index is 12.6.